The number of hydrogen-bond acceptors (Lipinski definition) is 4. The number of fused-ring (bicyclic) bond motifs is 1. The fraction of sp³-hybridized carbons (Fsp3) is 0.143. The maximum atomic E-state index is 13.6. The van der Waals surface area contributed by atoms with Crippen LogP contribution in [0.15, 0.2) is 65.7 Å². The summed E-state index contributed by atoms with van der Waals surface area (Å²) in [5, 5.41) is 0.632. The van der Waals surface area contributed by atoms with Crippen molar-refractivity contribution in [3.63, 3.8) is 0 Å². The van der Waals surface area contributed by atoms with Crippen LogP contribution in [0.5, 0.6) is 5.75 Å². The van der Waals surface area contributed by atoms with E-state index in [1.54, 1.807) is 18.2 Å². The Labute approximate surface area is 159 Å². The van der Waals surface area contributed by atoms with Gasteiger partial charge in [-0.1, -0.05) is 42.5 Å². The minimum atomic E-state index is -0.417. The molecule has 0 fully saturated rings. The van der Waals surface area contributed by atoms with Crippen LogP contribution in [-0.2, 0) is 6.54 Å². The van der Waals surface area contributed by atoms with Crippen molar-refractivity contribution in [2.45, 2.75) is 13.5 Å². The van der Waals surface area contributed by atoms with E-state index in [0.717, 1.165) is 20.8 Å². The SMILES string of the molecule is Cc1c(-c2ccccc2)sc2ncn(CCOc3ccccc3F)c(=O)c12. The van der Waals surface area contributed by atoms with Gasteiger partial charge in [-0.15, -0.1) is 11.3 Å². The van der Waals surface area contributed by atoms with Gasteiger partial charge in [0.15, 0.2) is 11.6 Å². The van der Waals surface area contributed by atoms with Crippen LogP contribution in [0, 0.1) is 12.7 Å². The van der Waals surface area contributed by atoms with E-state index in [9.17, 15) is 9.18 Å². The zero-order chi connectivity index (χ0) is 18.8. The molecule has 2 aromatic heterocycles. The number of nitrogens with zero attached hydrogens (tertiary/aromatic N) is 2. The second kappa shape index (κ2) is 7.32. The minimum Gasteiger partial charge on any atom is -0.489 e. The largest absolute Gasteiger partial charge is 0.489 e. The highest BCUT2D eigenvalue weighted by molar-refractivity contribution is 7.22. The van der Waals surface area contributed by atoms with Crippen LogP contribution < -0.4 is 10.3 Å². The Hall–Kier alpha value is -2.99. The normalized spacial score (nSPS) is 11.0. The fourth-order valence-corrected chi connectivity index (χ4v) is 4.14. The first-order valence-electron chi connectivity index (χ1n) is 8.56. The first kappa shape index (κ1) is 17.4. The molecule has 0 aliphatic carbocycles. The molecule has 2 heterocycles. The lowest BCUT2D eigenvalue weighted by molar-refractivity contribution is 0.282. The first-order chi connectivity index (χ1) is 13.1. The summed E-state index contributed by atoms with van der Waals surface area (Å²) >= 11 is 1.52. The van der Waals surface area contributed by atoms with Crippen molar-refractivity contribution in [3.05, 3.63) is 82.7 Å². The molecule has 0 unspecified atom stereocenters. The Morgan fingerprint density at radius 1 is 1.11 bits per heavy atom. The molecule has 0 bridgehead atoms. The summed E-state index contributed by atoms with van der Waals surface area (Å²) in [7, 11) is 0. The highest BCUT2D eigenvalue weighted by Crippen LogP contribution is 2.35. The highest BCUT2D eigenvalue weighted by atomic mass is 32.1. The number of aromatic nitrogens is 2. The van der Waals surface area contributed by atoms with Crippen molar-refractivity contribution in [1.82, 2.24) is 9.55 Å². The van der Waals surface area contributed by atoms with Gasteiger partial charge in [0.1, 0.15) is 11.4 Å². The summed E-state index contributed by atoms with van der Waals surface area (Å²) in [6.07, 6.45) is 1.53. The second-order valence-electron chi connectivity index (χ2n) is 6.12. The molecule has 0 N–H and O–H groups in total. The molecule has 0 radical (unpaired) electrons. The third kappa shape index (κ3) is 3.36. The summed E-state index contributed by atoms with van der Waals surface area (Å²) in [4.78, 5) is 19.1. The lowest BCUT2D eigenvalue weighted by Crippen LogP contribution is -2.23. The number of ether oxygens (including phenoxy) is 1. The Bertz CT molecular complexity index is 1150. The summed E-state index contributed by atoms with van der Waals surface area (Å²) in [6.45, 7) is 2.43. The molecule has 27 heavy (non-hydrogen) atoms. The van der Waals surface area contributed by atoms with Gasteiger partial charge in [0.2, 0.25) is 0 Å². The van der Waals surface area contributed by atoms with Crippen LogP contribution in [0.2, 0.25) is 0 Å². The van der Waals surface area contributed by atoms with E-state index in [1.807, 2.05) is 37.3 Å². The Morgan fingerprint density at radius 2 is 1.85 bits per heavy atom. The van der Waals surface area contributed by atoms with Crippen LogP contribution in [0.1, 0.15) is 5.56 Å². The molecule has 136 valence electrons. The van der Waals surface area contributed by atoms with E-state index < -0.39 is 5.82 Å². The van der Waals surface area contributed by atoms with E-state index in [-0.39, 0.29) is 17.9 Å². The summed E-state index contributed by atoms with van der Waals surface area (Å²) in [5.74, 6) is -0.239. The van der Waals surface area contributed by atoms with Crippen molar-refractivity contribution in [2.24, 2.45) is 0 Å². The van der Waals surface area contributed by atoms with Crippen LogP contribution in [0.4, 0.5) is 4.39 Å². The van der Waals surface area contributed by atoms with Gasteiger partial charge >= 0.3 is 0 Å². The van der Waals surface area contributed by atoms with Gasteiger partial charge in [-0.3, -0.25) is 9.36 Å². The molecule has 0 spiro atoms. The van der Waals surface area contributed by atoms with Gasteiger partial charge in [-0.2, -0.15) is 0 Å². The minimum absolute atomic E-state index is 0.104. The van der Waals surface area contributed by atoms with E-state index in [2.05, 4.69) is 4.98 Å². The number of thiophene rings is 1. The zero-order valence-corrected chi connectivity index (χ0v) is 15.5. The van der Waals surface area contributed by atoms with Crippen molar-refractivity contribution >= 4 is 21.6 Å². The number of aryl methyl sites for hydroxylation is 1. The molecule has 0 saturated carbocycles. The molecule has 4 nitrogen and oxygen atoms in total. The monoisotopic (exact) mass is 380 g/mol. The standard InChI is InChI=1S/C21H17FN2O2S/c1-14-18-20(27-19(14)15-7-3-2-4-8-15)23-13-24(21(18)25)11-12-26-17-10-6-5-9-16(17)22/h2-10,13H,11-12H2,1H3. The summed E-state index contributed by atoms with van der Waals surface area (Å²) in [5.41, 5.74) is 1.91. The Balaban J connectivity index is 1.62. The topological polar surface area (TPSA) is 44.1 Å². The molecule has 4 aromatic rings. The van der Waals surface area contributed by atoms with Crippen molar-refractivity contribution in [3.8, 4) is 16.2 Å². The molecule has 0 saturated heterocycles. The number of benzene rings is 2. The predicted octanol–water partition coefficient (Wildman–Crippen LogP) is 4.65. The second-order valence-corrected chi connectivity index (χ2v) is 7.12. The zero-order valence-electron chi connectivity index (χ0n) is 14.7. The van der Waals surface area contributed by atoms with Gasteiger partial charge in [0.05, 0.1) is 18.3 Å². The fourth-order valence-electron chi connectivity index (χ4n) is 3.00. The van der Waals surface area contributed by atoms with Gasteiger partial charge < -0.3 is 4.74 Å². The Kier molecular flexibility index (Phi) is 4.73. The van der Waals surface area contributed by atoms with Gasteiger partial charge in [-0.25, -0.2) is 9.37 Å². The lowest BCUT2D eigenvalue weighted by Gasteiger charge is -2.08. The molecule has 0 atom stereocenters. The van der Waals surface area contributed by atoms with Gasteiger partial charge in [0.25, 0.3) is 5.56 Å². The molecular weight excluding hydrogens is 363 g/mol. The smallest absolute Gasteiger partial charge is 0.262 e. The molecule has 0 aliphatic heterocycles. The van der Waals surface area contributed by atoms with Crippen molar-refractivity contribution in [1.29, 1.82) is 0 Å². The van der Waals surface area contributed by atoms with Crippen LogP contribution in [-0.4, -0.2) is 16.2 Å². The van der Waals surface area contributed by atoms with Crippen molar-refractivity contribution < 1.29 is 9.13 Å². The van der Waals surface area contributed by atoms with E-state index in [0.29, 0.717) is 11.9 Å². The molecule has 2 aromatic carbocycles. The number of halogens is 1. The van der Waals surface area contributed by atoms with Crippen LogP contribution in [0.25, 0.3) is 20.7 Å². The average Bonchev–Trinajstić information content (AvgIpc) is 3.03. The van der Waals surface area contributed by atoms with E-state index in [1.165, 1.54) is 28.3 Å². The summed E-state index contributed by atoms with van der Waals surface area (Å²) < 4.78 is 20.6. The third-order valence-corrected chi connectivity index (χ3v) is 5.63. The third-order valence-electron chi connectivity index (χ3n) is 4.38. The van der Waals surface area contributed by atoms with Crippen LogP contribution in [0.3, 0.4) is 0 Å². The average molecular weight is 380 g/mol. The first-order valence-corrected chi connectivity index (χ1v) is 9.38. The summed E-state index contributed by atoms with van der Waals surface area (Å²) in [6, 6.07) is 16.2. The van der Waals surface area contributed by atoms with E-state index >= 15 is 0 Å². The van der Waals surface area contributed by atoms with E-state index in [4.69, 9.17) is 4.74 Å². The lowest BCUT2D eigenvalue weighted by atomic mass is 10.1. The van der Waals surface area contributed by atoms with Gasteiger partial charge in [0, 0.05) is 4.88 Å². The number of para-hydroxylation sites is 1. The molecule has 4 rings (SSSR count). The molecule has 6 heteroatoms. The molecule has 0 amide bonds. The molecular formula is C21H17FN2O2S. The maximum Gasteiger partial charge on any atom is 0.262 e. The quantitative estimate of drug-likeness (QED) is 0.506. The predicted molar refractivity (Wildman–Crippen MR) is 106 cm³/mol. The number of rotatable bonds is 5. The highest BCUT2D eigenvalue weighted by Gasteiger charge is 2.15. The Morgan fingerprint density at radius 3 is 2.63 bits per heavy atom. The van der Waals surface area contributed by atoms with Crippen molar-refractivity contribution in [2.75, 3.05) is 6.61 Å². The number of hydrogen-bond donors (Lipinski definition) is 0. The molecule has 0 aliphatic rings. The van der Waals surface area contributed by atoms with Gasteiger partial charge in [-0.05, 0) is 30.2 Å². The maximum absolute atomic E-state index is 13.6. The van der Waals surface area contributed by atoms with Crippen LogP contribution >= 0.6 is 11.3 Å².